The number of piperidine rings is 1. The number of nitrogens with zero attached hydrogens (tertiary/aromatic N) is 2. The number of likely N-dealkylation sites (tertiary alicyclic amines) is 1. The highest BCUT2D eigenvalue weighted by atomic mass is 19.1. The zero-order valence-electron chi connectivity index (χ0n) is 16.2. The Morgan fingerprint density at radius 2 is 1.92 bits per heavy atom. The third kappa shape index (κ3) is 7.19. The first-order valence-electron chi connectivity index (χ1n) is 9.82. The molecule has 2 rings (SSSR count). The topological polar surface area (TPSA) is 51.0 Å². The molecule has 0 amide bonds. The van der Waals surface area contributed by atoms with E-state index in [9.17, 15) is 4.39 Å². The van der Waals surface area contributed by atoms with Crippen LogP contribution in [0, 0.1) is 5.82 Å². The van der Waals surface area contributed by atoms with Gasteiger partial charge in [0.25, 0.3) is 0 Å². The lowest BCUT2D eigenvalue weighted by Gasteiger charge is -2.37. The minimum absolute atomic E-state index is 0.109. The van der Waals surface area contributed by atoms with Gasteiger partial charge in [0.1, 0.15) is 11.6 Å². The minimum atomic E-state index is -0.242. The summed E-state index contributed by atoms with van der Waals surface area (Å²) < 4.78 is 24.6. The number of halogens is 1. The molecule has 0 bridgehead atoms. The summed E-state index contributed by atoms with van der Waals surface area (Å²) in [6.45, 7) is 11.6. The van der Waals surface area contributed by atoms with Gasteiger partial charge in [0, 0.05) is 25.7 Å². The van der Waals surface area contributed by atoms with Gasteiger partial charge in [-0.25, -0.2) is 4.39 Å². The third-order valence-corrected chi connectivity index (χ3v) is 5.03. The maximum atomic E-state index is 12.9. The Morgan fingerprint density at radius 1 is 1.19 bits per heavy atom. The smallest absolute Gasteiger partial charge is 0.123 e. The number of hydrogen-bond donors (Lipinski definition) is 1. The highest BCUT2D eigenvalue weighted by molar-refractivity contribution is 5.21. The zero-order chi connectivity index (χ0) is 18.8. The zero-order valence-corrected chi connectivity index (χ0v) is 16.2. The number of nitrogens with two attached hydrogens (primary N) is 1. The lowest BCUT2D eigenvalue weighted by atomic mass is 10.0. The van der Waals surface area contributed by atoms with E-state index in [1.807, 2.05) is 0 Å². The summed E-state index contributed by atoms with van der Waals surface area (Å²) in [6, 6.07) is 6.28. The highest BCUT2D eigenvalue weighted by Crippen LogP contribution is 2.14. The molecule has 0 radical (unpaired) electrons. The van der Waals surface area contributed by atoms with Crippen LogP contribution in [0.15, 0.2) is 24.3 Å². The van der Waals surface area contributed by atoms with Gasteiger partial charge in [-0.2, -0.15) is 0 Å². The summed E-state index contributed by atoms with van der Waals surface area (Å²) in [5.74, 6) is 0.471. The van der Waals surface area contributed by atoms with E-state index in [1.165, 1.54) is 12.1 Å². The molecule has 0 saturated carbocycles. The second-order valence-corrected chi connectivity index (χ2v) is 6.85. The molecule has 0 aliphatic carbocycles. The van der Waals surface area contributed by atoms with Crippen molar-refractivity contribution in [1.29, 1.82) is 0 Å². The van der Waals surface area contributed by atoms with Gasteiger partial charge in [-0.15, -0.1) is 0 Å². The molecule has 0 spiro atoms. The number of ether oxygens (including phenoxy) is 2. The average Bonchev–Trinajstić information content (AvgIpc) is 2.66. The average molecular weight is 368 g/mol. The van der Waals surface area contributed by atoms with Gasteiger partial charge >= 0.3 is 0 Å². The van der Waals surface area contributed by atoms with E-state index in [0.29, 0.717) is 12.4 Å². The molecular weight excluding hydrogens is 333 g/mol. The summed E-state index contributed by atoms with van der Waals surface area (Å²) in [7, 11) is 0. The minimum Gasteiger partial charge on any atom is -0.494 e. The summed E-state index contributed by atoms with van der Waals surface area (Å²) in [5.41, 5.74) is 6.25. The largest absolute Gasteiger partial charge is 0.494 e. The van der Waals surface area contributed by atoms with Gasteiger partial charge in [0.15, 0.2) is 0 Å². The Labute approximate surface area is 157 Å². The summed E-state index contributed by atoms with van der Waals surface area (Å²) in [6.07, 6.45) is 2.01. The Balaban J connectivity index is 1.64. The number of rotatable bonds is 11. The molecule has 5 nitrogen and oxygen atoms in total. The highest BCUT2D eigenvalue weighted by Gasteiger charge is 2.27. The fourth-order valence-electron chi connectivity index (χ4n) is 3.26. The number of benzene rings is 1. The first-order valence-corrected chi connectivity index (χ1v) is 9.82. The Kier molecular flexibility index (Phi) is 9.32. The van der Waals surface area contributed by atoms with E-state index in [2.05, 4.69) is 23.6 Å². The van der Waals surface area contributed by atoms with Gasteiger partial charge in [-0.05, 0) is 56.7 Å². The van der Waals surface area contributed by atoms with Crippen molar-refractivity contribution in [3.05, 3.63) is 30.1 Å². The summed E-state index contributed by atoms with van der Waals surface area (Å²) in [5, 5.41) is 0. The normalized spacial score (nSPS) is 21.3. The van der Waals surface area contributed by atoms with Crippen LogP contribution in [-0.4, -0.2) is 74.4 Å². The Hall–Kier alpha value is -1.21. The second kappa shape index (κ2) is 11.5. The predicted octanol–water partition coefficient (Wildman–Crippen LogP) is 2.35. The molecule has 26 heavy (non-hydrogen) atoms. The van der Waals surface area contributed by atoms with Crippen molar-refractivity contribution in [2.24, 2.45) is 5.73 Å². The van der Waals surface area contributed by atoms with Crippen LogP contribution in [0.4, 0.5) is 4.39 Å². The lowest BCUT2D eigenvalue weighted by molar-refractivity contribution is -0.0204. The molecule has 2 N–H and O–H groups in total. The van der Waals surface area contributed by atoms with E-state index >= 15 is 0 Å². The Morgan fingerprint density at radius 3 is 2.62 bits per heavy atom. The molecular formula is C20H34FN3O2. The standard InChI is InChI=1S/C20H34FN3O2/c1-3-23(4-2)13-15-26-20-16-24(12-10-19(20)22)11-5-14-25-18-8-6-17(21)7-9-18/h6-9,19-20H,3-5,10-16,22H2,1-2H3/t19-,20+/m0/s1. The third-order valence-electron chi connectivity index (χ3n) is 5.03. The van der Waals surface area contributed by atoms with Crippen LogP contribution in [0.5, 0.6) is 5.75 Å². The maximum absolute atomic E-state index is 12.9. The molecule has 1 aliphatic rings. The molecule has 1 saturated heterocycles. The van der Waals surface area contributed by atoms with E-state index < -0.39 is 0 Å². The van der Waals surface area contributed by atoms with Crippen molar-refractivity contribution in [2.45, 2.75) is 38.8 Å². The van der Waals surface area contributed by atoms with Crippen molar-refractivity contribution >= 4 is 0 Å². The van der Waals surface area contributed by atoms with Crippen molar-refractivity contribution in [1.82, 2.24) is 9.80 Å². The van der Waals surface area contributed by atoms with Crippen molar-refractivity contribution in [3.63, 3.8) is 0 Å². The van der Waals surface area contributed by atoms with Crippen LogP contribution in [0.2, 0.25) is 0 Å². The number of hydrogen-bond acceptors (Lipinski definition) is 5. The molecule has 0 aromatic heterocycles. The number of likely N-dealkylation sites (N-methyl/N-ethyl adjacent to an activating group) is 1. The van der Waals surface area contributed by atoms with Crippen LogP contribution in [-0.2, 0) is 4.74 Å². The first kappa shape index (κ1) is 21.1. The molecule has 6 heteroatoms. The SMILES string of the molecule is CCN(CC)CCO[C@@H]1CN(CCCOc2ccc(F)cc2)CC[C@@H]1N. The fourth-order valence-corrected chi connectivity index (χ4v) is 3.26. The van der Waals surface area contributed by atoms with Gasteiger partial charge < -0.3 is 25.0 Å². The molecule has 2 atom stereocenters. The van der Waals surface area contributed by atoms with Gasteiger partial charge in [0.05, 0.1) is 19.3 Å². The van der Waals surface area contributed by atoms with Crippen molar-refractivity contribution in [3.8, 4) is 5.75 Å². The first-order chi connectivity index (χ1) is 12.6. The van der Waals surface area contributed by atoms with Gasteiger partial charge in [0.2, 0.25) is 0 Å². The van der Waals surface area contributed by atoms with E-state index in [1.54, 1.807) is 12.1 Å². The summed E-state index contributed by atoms with van der Waals surface area (Å²) >= 11 is 0. The molecule has 1 aromatic carbocycles. The molecule has 1 aliphatic heterocycles. The van der Waals surface area contributed by atoms with Crippen molar-refractivity contribution in [2.75, 3.05) is 52.5 Å². The van der Waals surface area contributed by atoms with E-state index in [-0.39, 0.29) is 18.0 Å². The predicted molar refractivity (Wildman–Crippen MR) is 103 cm³/mol. The van der Waals surface area contributed by atoms with Crippen molar-refractivity contribution < 1.29 is 13.9 Å². The van der Waals surface area contributed by atoms with Crippen LogP contribution in [0.3, 0.4) is 0 Å². The molecule has 1 heterocycles. The molecule has 1 aromatic rings. The van der Waals surface area contributed by atoms with Crippen LogP contribution in [0.1, 0.15) is 26.7 Å². The molecule has 0 unspecified atom stereocenters. The molecule has 148 valence electrons. The fraction of sp³-hybridized carbons (Fsp3) is 0.700. The van der Waals surface area contributed by atoms with E-state index in [4.69, 9.17) is 15.2 Å². The van der Waals surface area contributed by atoms with Crippen LogP contribution >= 0.6 is 0 Å². The van der Waals surface area contributed by atoms with E-state index in [0.717, 1.165) is 58.7 Å². The maximum Gasteiger partial charge on any atom is 0.123 e. The molecule has 1 fully saturated rings. The quantitative estimate of drug-likeness (QED) is 0.609. The van der Waals surface area contributed by atoms with Crippen LogP contribution in [0.25, 0.3) is 0 Å². The lowest BCUT2D eigenvalue weighted by Crippen LogP contribution is -2.52. The van der Waals surface area contributed by atoms with Crippen LogP contribution < -0.4 is 10.5 Å². The van der Waals surface area contributed by atoms with Gasteiger partial charge in [-0.3, -0.25) is 0 Å². The van der Waals surface area contributed by atoms with Gasteiger partial charge in [-0.1, -0.05) is 13.8 Å². The second-order valence-electron chi connectivity index (χ2n) is 6.85. The summed E-state index contributed by atoms with van der Waals surface area (Å²) in [4.78, 5) is 4.76. The Bertz CT molecular complexity index is 496. The monoisotopic (exact) mass is 367 g/mol.